The lowest BCUT2D eigenvalue weighted by Crippen LogP contribution is -2.46. The first-order valence-corrected chi connectivity index (χ1v) is 11.0. The number of aromatic nitrogens is 1. The van der Waals surface area contributed by atoms with Gasteiger partial charge < -0.3 is 20.3 Å². The van der Waals surface area contributed by atoms with E-state index >= 15 is 0 Å². The molecule has 0 spiro atoms. The fourth-order valence-electron chi connectivity index (χ4n) is 3.66. The molecule has 1 saturated heterocycles. The molecule has 0 atom stereocenters. The number of rotatable bonds is 8. The number of likely N-dealkylation sites (tertiary alicyclic amines) is 1. The highest BCUT2D eigenvalue weighted by Gasteiger charge is 2.23. The highest BCUT2D eigenvalue weighted by Crippen LogP contribution is 2.21. The topological polar surface area (TPSA) is 78.9 Å². The van der Waals surface area contributed by atoms with Gasteiger partial charge in [-0.05, 0) is 42.9 Å². The maximum atomic E-state index is 11.6. The van der Waals surface area contributed by atoms with Crippen LogP contribution in [-0.4, -0.2) is 48.4 Å². The number of hydrogen-bond acceptors (Lipinski definition) is 4. The van der Waals surface area contributed by atoms with E-state index in [9.17, 15) is 4.79 Å². The first-order valence-electron chi connectivity index (χ1n) is 11.0. The lowest BCUT2D eigenvalue weighted by atomic mass is 9.93. The minimum Gasteiger partial charge on any atom is -0.473 e. The van der Waals surface area contributed by atoms with Crippen molar-refractivity contribution >= 4 is 35.8 Å². The van der Waals surface area contributed by atoms with Crippen LogP contribution in [0.25, 0.3) is 0 Å². The van der Waals surface area contributed by atoms with Crippen LogP contribution in [0.5, 0.6) is 5.88 Å². The summed E-state index contributed by atoms with van der Waals surface area (Å²) < 4.78 is 5.84. The standard InChI is InChI=1S/C24H33N5O2.HI/c1-3-26-24(29-13-10-19(11-14-29)15-22(30)25-2)28-17-21-9-12-27-23(16-21)31-18-20-7-5-4-6-8-20;/h4-9,12,16,19H,3,10-11,13-15,17-18H2,1-2H3,(H,25,30)(H,26,28);1H. The number of benzene rings is 1. The summed E-state index contributed by atoms with van der Waals surface area (Å²) in [5.74, 6) is 2.10. The summed E-state index contributed by atoms with van der Waals surface area (Å²) in [6, 6.07) is 14.0. The second kappa shape index (κ2) is 13.9. The second-order valence-electron chi connectivity index (χ2n) is 7.75. The molecule has 7 nitrogen and oxygen atoms in total. The van der Waals surface area contributed by atoms with Crippen molar-refractivity contribution in [3.8, 4) is 5.88 Å². The van der Waals surface area contributed by atoms with Gasteiger partial charge in [0, 0.05) is 45.4 Å². The average molecular weight is 551 g/mol. The van der Waals surface area contributed by atoms with Crippen LogP contribution in [0.3, 0.4) is 0 Å². The molecule has 8 heteroatoms. The molecular weight excluding hydrogens is 517 g/mol. The van der Waals surface area contributed by atoms with Gasteiger partial charge in [0.2, 0.25) is 11.8 Å². The molecule has 2 N–H and O–H groups in total. The Morgan fingerprint density at radius 2 is 1.94 bits per heavy atom. The van der Waals surface area contributed by atoms with Gasteiger partial charge in [0.05, 0.1) is 6.54 Å². The van der Waals surface area contributed by atoms with E-state index in [-0.39, 0.29) is 29.9 Å². The molecule has 1 aliphatic heterocycles. The summed E-state index contributed by atoms with van der Waals surface area (Å²) in [6.45, 7) is 5.78. The van der Waals surface area contributed by atoms with Crippen LogP contribution in [0.4, 0.5) is 0 Å². The minimum absolute atomic E-state index is 0. The maximum Gasteiger partial charge on any atom is 0.220 e. The highest BCUT2D eigenvalue weighted by molar-refractivity contribution is 14.0. The molecule has 0 aliphatic carbocycles. The first-order chi connectivity index (χ1) is 15.2. The van der Waals surface area contributed by atoms with Crippen LogP contribution in [-0.2, 0) is 17.9 Å². The van der Waals surface area contributed by atoms with E-state index in [4.69, 9.17) is 9.73 Å². The zero-order valence-electron chi connectivity index (χ0n) is 18.9. The number of amides is 1. The maximum absolute atomic E-state index is 11.6. The quantitative estimate of drug-likeness (QED) is 0.298. The number of nitrogens with one attached hydrogen (secondary N) is 2. The fraction of sp³-hybridized carbons (Fsp3) is 0.458. The summed E-state index contributed by atoms with van der Waals surface area (Å²) >= 11 is 0. The monoisotopic (exact) mass is 551 g/mol. The van der Waals surface area contributed by atoms with Crippen LogP contribution < -0.4 is 15.4 Å². The number of aliphatic imine (C=N–C) groups is 1. The number of hydrogen-bond donors (Lipinski definition) is 2. The molecule has 2 aromatic rings. The number of piperidine rings is 1. The highest BCUT2D eigenvalue weighted by atomic mass is 127. The lowest BCUT2D eigenvalue weighted by Gasteiger charge is -2.34. The van der Waals surface area contributed by atoms with Gasteiger partial charge >= 0.3 is 0 Å². The van der Waals surface area contributed by atoms with E-state index < -0.39 is 0 Å². The molecule has 1 amide bonds. The zero-order chi connectivity index (χ0) is 21.9. The van der Waals surface area contributed by atoms with Crippen molar-refractivity contribution in [2.45, 2.75) is 39.3 Å². The van der Waals surface area contributed by atoms with Crippen molar-refractivity contribution in [1.29, 1.82) is 0 Å². The molecule has 1 aromatic heterocycles. The van der Waals surface area contributed by atoms with Crippen LogP contribution in [0.2, 0.25) is 0 Å². The van der Waals surface area contributed by atoms with E-state index in [1.807, 2.05) is 42.5 Å². The molecule has 32 heavy (non-hydrogen) atoms. The lowest BCUT2D eigenvalue weighted by molar-refractivity contribution is -0.121. The van der Waals surface area contributed by atoms with Crippen LogP contribution >= 0.6 is 24.0 Å². The van der Waals surface area contributed by atoms with Crippen LogP contribution in [0, 0.1) is 5.92 Å². The van der Waals surface area contributed by atoms with Crippen molar-refractivity contribution in [1.82, 2.24) is 20.5 Å². The molecular formula is C24H34IN5O2. The van der Waals surface area contributed by atoms with Crippen molar-refractivity contribution in [2.75, 3.05) is 26.7 Å². The normalized spacial score (nSPS) is 14.4. The third-order valence-electron chi connectivity index (χ3n) is 5.44. The van der Waals surface area contributed by atoms with Gasteiger partial charge in [-0.15, -0.1) is 24.0 Å². The predicted octanol–water partition coefficient (Wildman–Crippen LogP) is 3.59. The van der Waals surface area contributed by atoms with Gasteiger partial charge in [-0.25, -0.2) is 9.98 Å². The average Bonchev–Trinajstić information content (AvgIpc) is 2.82. The number of guanidine groups is 1. The second-order valence-corrected chi connectivity index (χ2v) is 7.75. The largest absolute Gasteiger partial charge is 0.473 e. The summed E-state index contributed by atoms with van der Waals surface area (Å²) in [7, 11) is 1.70. The molecule has 0 unspecified atom stereocenters. The molecule has 0 bridgehead atoms. The molecule has 2 heterocycles. The van der Waals surface area contributed by atoms with Gasteiger partial charge in [-0.2, -0.15) is 0 Å². The Kier molecular flexibility index (Phi) is 11.3. The van der Waals surface area contributed by atoms with E-state index in [2.05, 4.69) is 27.4 Å². The summed E-state index contributed by atoms with van der Waals surface area (Å²) in [5.41, 5.74) is 2.17. The number of pyridine rings is 1. The van der Waals surface area contributed by atoms with Gasteiger partial charge in [0.15, 0.2) is 5.96 Å². The van der Waals surface area contributed by atoms with Crippen molar-refractivity contribution in [3.63, 3.8) is 0 Å². The van der Waals surface area contributed by atoms with Crippen LogP contribution in [0.15, 0.2) is 53.7 Å². The Morgan fingerprint density at radius 1 is 1.19 bits per heavy atom. The van der Waals surface area contributed by atoms with E-state index in [0.29, 0.717) is 31.4 Å². The number of halogens is 1. The zero-order valence-corrected chi connectivity index (χ0v) is 21.2. The van der Waals surface area contributed by atoms with Gasteiger partial charge in [-0.1, -0.05) is 30.3 Å². The van der Waals surface area contributed by atoms with Crippen molar-refractivity contribution in [3.05, 3.63) is 59.8 Å². The third-order valence-corrected chi connectivity index (χ3v) is 5.44. The Hall–Kier alpha value is -2.36. The third kappa shape index (κ3) is 8.29. The molecule has 1 aliphatic rings. The Labute approximate surface area is 208 Å². The minimum atomic E-state index is 0. The van der Waals surface area contributed by atoms with Gasteiger partial charge in [0.25, 0.3) is 0 Å². The molecule has 1 aromatic carbocycles. The van der Waals surface area contributed by atoms with Crippen LogP contribution in [0.1, 0.15) is 37.3 Å². The van der Waals surface area contributed by atoms with E-state index in [1.165, 1.54) is 0 Å². The van der Waals surface area contributed by atoms with Crippen molar-refractivity contribution < 1.29 is 9.53 Å². The number of ether oxygens (including phenoxy) is 1. The van der Waals surface area contributed by atoms with E-state index in [0.717, 1.165) is 49.6 Å². The smallest absolute Gasteiger partial charge is 0.220 e. The number of nitrogens with zero attached hydrogens (tertiary/aromatic N) is 3. The molecule has 1 fully saturated rings. The first kappa shape index (κ1) is 25.9. The Balaban J connectivity index is 0.00000363. The molecule has 0 radical (unpaired) electrons. The summed E-state index contributed by atoms with van der Waals surface area (Å²) in [6.07, 6.45) is 4.39. The molecule has 0 saturated carbocycles. The summed E-state index contributed by atoms with van der Waals surface area (Å²) in [4.78, 5) is 23.1. The number of carbonyl (C=O) groups excluding carboxylic acids is 1. The Bertz CT molecular complexity index is 854. The van der Waals surface area contributed by atoms with E-state index in [1.54, 1.807) is 13.2 Å². The summed E-state index contributed by atoms with van der Waals surface area (Å²) in [5, 5.41) is 6.12. The molecule has 174 valence electrons. The van der Waals surface area contributed by atoms with Crippen molar-refractivity contribution in [2.24, 2.45) is 10.9 Å². The Morgan fingerprint density at radius 3 is 2.62 bits per heavy atom. The van der Waals surface area contributed by atoms with Gasteiger partial charge in [-0.3, -0.25) is 4.79 Å². The van der Waals surface area contributed by atoms with Gasteiger partial charge in [0.1, 0.15) is 6.61 Å². The predicted molar refractivity (Wildman–Crippen MR) is 138 cm³/mol. The number of carbonyl (C=O) groups is 1. The molecule has 3 rings (SSSR count). The SMILES string of the molecule is CCNC(=NCc1ccnc(OCc2ccccc2)c1)N1CCC(CC(=O)NC)CC1.I. The fourth-order valence-corrected chi connectivity index (χ4v) is 3.66.